The van der Waals surface area contributed by atoms with Gasteiger partial charge in [-0.05, 0) is 137 Å². The summed E-state index contributed by atoms with van der Waals surface area (Å²) in [5.74, 6) is 1.96. The first-order valence-corrected chi connectivity index (χ1v) is 26.0. The second kappa shape index (κ2) is 25.4. The molecule has 2 aliphatic rings. The van der Waals surface area contributed by atoms with E-state index in [9.17, 15) is 9.59 Å². The number of carbonyl (C=O) groups excluding carboxylic acids is 2. The molecule has 66 heavy (non-hydrogen) atoms. The molecule has 0 unspecified atom stereocenters. The summed E-state index contributed by atoms with van der Waals surface area (Å²) < 4.78 is 21.8. The largest absolute Gasteiger partial charge is 1.00 e. The molecule has 0 spiro atoms. The fraction of sp³-hybridized carbons (Fsp3) is 0.388. The Kier molecular flexibility index (Phi) is 20.9. The van der Waals surface area contributed by atoms with Gasteiger partial charge in [0.1, 0.15) is 18.4 Å². The van der Waals surface area contributed by atoms with Crippen LogP contribution >= 0.6 is 79.6 Å². The maximum Gasteiger partial charge on any atom is 1.00 e. The van der Waals surface area contributed by atoms with Gasteiger partial charge in [-0.2, -0.15) is 7.11 Å². The molecule has 0 saturated heterocycles. The Morgan fingerprint density at radius 1 is 0.682 bits per heavy atom. The topological polar surface area (TPSA) is 121 Å². The quantitative estimate of drug-likeness (QED) is 0.0489. The van der Waals surface area contributed by atoms with E-state index in [0.717, 1.165) is 89.7 Å². The van der Waals surface area contributed by atoms with Gasteiger partial charge in [-0.15, -0.1) is 13.2 Å². The number of hydrogen-bond donors (Lipinski definition) is 0. The van der Waals surface area contributed by atoms with E-state index in [1.54, 1.807) is 6.20 Å². The zero-order valence-electron chi connectivity index (χ0n) is 38.0. The molecular weight excluding hydrogens is 1180 g/mol. The molecule has 4 aromatic heterocycles. The standard InChI is InChI=1S/C24H26Br3N3O2.C24H25Br2N3O2.CH3O.Na/c1-3-12-29-18-14-16(24(31)32-2)9-10-17(18)19(15-7-5-4-6-8-15)20(29)23-28-21(26)22(27)30(23)13-11-25;1-4-13-29-18-14-16(24(30)31-3)11-12-17(18)19(15-9-7-6-8-10-15)20(29)23-27-21(25)22(26)28(23)5-2;1-2;/h3,9-10,14-15H,1,4-8,11-13H2,2H3;4-5,11-12,14-15H,1-2,6-10,13H2,3H3;1H3;/q;;-1;+1. The third kappa shape index (κ3) is 11.1. The molecule has 0 bridgehead atoms. The average Bonchev–Trinajstić information content (AvgIpc) is 4.02. The number of rotatable bonds is 13. The van der Waals surface area contributed by atoms with Gasteiger partial charge in [-0.25, -0.2) is 19.6 Å². The molecule has 2 saturated carbocycles. The van der Waals surface area contributed by atoms with Crippen molar-refractivity contribution in [2.45, 2.75) is 95.7 Å². The molecule has 2 fully saturated rings. The predicted octanol–water partition coefficient (Wildman–Crippen LogP) is 10.6. The minimum atomic E-state index is -0.341. The number of alkyl halides is 1. The Hall–Kier alpha value is -2.54. The molecule has 2 aromatic carbocycles. The van der Waals surface area contributed by atoms with Crippen LogP contribution in [0.2, 0.25) is 0 Å². The van der Waals surface area contributed by atoms with Crippen molar-refractivity contribution in [3.63, 3.8) is 0 Å². The molecule has 8 rings (SSSR count). The van der Waals surface area contributed by atoms with Gasteiger partial charge in [0, 0.05) is 41.9 Å². The van der Waals surface area contributed by atoms with Crippen molar-refractivity contribution in [3.05, 3.63) is 109 Å². The van der Waals surface area contributed by atoms with Crippen molar-refractivity contribution in [3.8, 4) is 23.0 Å². The van der Waals surface area contributed by atoms with Crippen LogP contribution < -0.4 is 34.7 Å². The van der Waals surface area contributed by atoms with E-state index in [1.807, 2.05) is 41.0 Å². The monoisotopic (exact) mass is 1220 g/mol. The fourth-order valence-corrected chi connectivity index (χ4v) is 11.5. The summed E-state index contributed by atoms with van der Waals surface area (Å²) in [6.07, 6.45) is 17.7. The molecule has 0 atom stereocenters. The maximum atomic E-state index is 12.3. The summed E-state index contributed by atoms with van der Waals surface area (Å²) in [7, 11) is 3.57. The number of carbonyl (C=O) groups is 2. The summed E-state index contributed by atoms with van der Waals surface area (Å²) in [4.78, 5) is 34.3. The predicted molar refractivity (Wildman–Crippen MR) is 278 cm³/mol. The van der Waals surface area contributed by atoms with Gasteiger partial charge in [-0.3, -0.25) is 4.57 Å². The number of methoxy groups -OCH3 is 2. The number of imidazole rings is 2. The number of fused-ring (bicyclic) bond motifs is 2. The number of halogens is 5. The second-order valence-corrected chi connectivity index (χ2v) is 19.7. The van der Waals surface area contributed by atoms with Crippen molar-refractivity contribution in [2.75, 3.05) is 26.7 Å². The maximum absolute atomic E-state index is 12.3. The van der Waals surface area contributed by atoms with Gasteiger partial charge in [0.05, 0.1) is 47.8 Å². The third-order valence-corrected chi connectivity index (χ3v) is 16.4. The van der Waals surface area contributed by atoms with Crippen LogP contribution in [0, 0.1) is 0 Å². The molecule has 0 radical (unpaired) electrons. The van der Waals surface area contributed by atoms with Crippen LogP contribution in [0.15, 0.2) is 86.7 Å². The van der Waals surface area contributed by atoms with Crippen LogP contribution in [0.4, 0.5) is 0 Å². The summed E-state index contributed by atoms with van der Waals surface area (Å²) in [6, 6.07) is 11.7. The number of esters is 2. The van der Waals surface area contributed by atoms with Crippen LogP contribution in [0.1, 0.15) is 108 Å². The summed E-state index contributed by atoms with van der Waals surface area (Å²) in [5.41, 5.74) is 7.88. The number of nitrogens with zero attached hydrogens (tertiary/aromatic N) is 6. The first-order chi connectivity index (χ1) is 31.5. The summed E-state index contributed by atoms with van der Waals surface area (Å²) in [5, 5.41) is 11.4. The Balaban J connectivity index is 0.000000235. The molecule has 0 amide bonds. The first-order valence-electron chi connectivity index (χ1n) is 21.7. The second-order valence-electron chi connectivity index (χ2n) is 15.9. The fourth-order valence-electron chi connectivity index (χ4n) is 9.56. The third-order valence-electron chi connectivity index (χ3n) is 12.3. The van der Waals surface area contributed by atoms with Gasteiger partial charge in [0.15, 0.2) is 11.6 Å². The molecule has 0 aliphatic heterocycles. The Labute approximate surface area is 451 Å². The minimum Gasteiger partial charge on any atom is -0.857 e. The smallest absolute Gasteiger partial charge is 0.857 e. The zero-order valence-corrected chi connectivity index (χ0v) is 47.9. The summed E-state index contributed by atoms with van der Waals surface area (Å²) >= 11 is 18.1. The SMILES string of the molecule is C=CCn1c(-c2nc(Br)c(Br)n2C=C)c(C2CCCCC2)c2ccc(C(=O)OC)cc21.C=CCn1c(-c2nc(Br)c(Br)n2CCBr)c(C2CCCCC2)c2ccc(C(=O)OC)cc21.C[O-].[Na+]. The Morgan fingerprint density at radius 2 is 1.11 bits per heavy atom. The van der Waals surface area contributed by atoms with Crippen LogP contribution in [0.5, 0.6) is 0 Å². The Morgan fingerprint density at radius 3 is 1.52 bits per heavy atom. The zero-order chi connectivity index (χ0) is 46.9. The minimum absolute atomic E-state index is 0. The Bertz CT molecular complexity index is 2710. The first kappa shape index (κ1) is 54.4. The van der Waals surface area contributed by atoms with Crippen molar-refractivity contribution in [1.82, 2.24) is 28.2 Å². The average molecular weight is 1230 g/mol. The van der Waals surface area contributed by atoms with Crippen molar-refractivity contribution in [1.29, 1.82) is 0 Å². The van der Waals surface area contributed by atoms with E-state index < -0.39 is 0 Å². The summed E-state index contributed by atoms with van der Waals surface area (Å²) in [6.45, 7) is 14.0. The number of aromatic nitrogens is 6. The molecule has 4 heterocycles. The van der Waals surface area contributed by atoms with Crippen LogP contribution in [0.25, 0.3) is 51.0 Å². The van der Waals surface area contributed by atoms with Gasteiger partial charge >= 0.3 is 41.5 Å². The molecule has 346 valence electrons. The van der Waals surface area contributed by atoms with Crippen molar-refractivity contribution in [2.24, 2.45) is 0 Å². The molecule has 2 aliphatic carbocycles. The van der Waals surface area contributed by atoms with Crippen molar-refractivity contribution < 1.29 is 53.7 Å². The molecular formula is C49H54Br5N6NaO5. The van der Waals surface area contributed by atoms with Crippen LogP contribution in [0.3, 0.4) is 0 Å². The molecule has 11 nitrogen and oxygen atoms in total. The molecule has 17 heteroatoms. The van der Waals surface area contributed by atoms with E-state index in [1.165, 1.54) is 82.1 Å². The molecule has 6 aromatic rings. The van der Waals surface area contributed by atoms with Crippen LogP contribution in [-0.4, -0.2) is 66.8 Å². The number of hydrogen-bond acceptors (Lipinski definition) is 7. The van der Waals surface area contributed by atoms with E-state index in [0.29, 0.717) is 36.1 Å². The van der Waals surface area contributed by atoms with Gasteiger partial charge < -0.3 is 28.3 Å². The van der Waals surface area contributed by atoms with E-state index in [4.69, 9.17) is 24.5 Å². The van der Waals surface area contributed by atoms with E-state index in [-0.39, 0.29) is 41.5 Å². The van der Waals surface area contributed by atoms with Crippen LogP contribution in [-0.2, 0) is 29.1 Å². The number of benzene rings is 2. The van der Waals surface area contributed by atoms with Gasteiger partial charge in [-0.1, -0.05) is 85.3 Å². The number of ether oxygens (including phenoxy) is 2. The van der Waals surface area contributed by atoms with E-state index in [2.05, 4.69) is 125 Å². The van der Waals surface area contributed by atoms with Gasteiger partial charge in [0.25, 0.3) is 0 Å². The van der Waals surface area contributed by atoms with E-state index >= 15 is 0 Å². The van der Waals surface area contributed by atoms with Gasteiger partial charge in [0.2, 0.25) is 0 Å². The number of allylic oxidation sites excluding steroid dienone is 2. The van der Waals surface area contributed by atoms with Crippen molar-refractivity contribution >= 4 is 120 Å². The normalized spacial score (nSPS) is 14.1. The molecule has 0 N–H and O–H groups in total.